The van der Waals surface area contributed by atoms with Crippen molar-refractivity contribution in [2.75, 3.05) is 37.6 Å². The van der Waals surface area contributed by atoms with E-state index in [1.54, 1.807) is 41.3 Å². The van der Waals surface area contributed by atoms with E-state index in [0.29, 0.717) is 30.8 Å². The Morgan fingerprint density at radius 3 is 2.17 bits per heavy atom. The van der Waals surface area contributed by atoms with E-state index in [1.165, 1.54) is 12.1 Å². The third kappa shape index (κ3) is 3.85. The van der Waals surface area contributed by atoms with Gasteiger partial charge in [0.25, 0.3) is 11.8 Å². The molecule has 0 radical (unpaired) electrons. The average molecular weight is 395 g/mol. The van der Waals surface area contributed by atoms with Crippen LogP contribution in [-0.4, -0.2) is 60.2 Å². The fourth-order valence-corrected chi connectivity index (χ4v) is 3.88. The number of fused-ring (bicyclic) bond motifs is 1. The lowest BCUT2D eigenvalue weighted by Gasteiger charge is -2.24. The maximum absolute atomic E-state index is 13.1. The summed E-state index contributed by atoms with van der Waals surface area (Å²) in [7, 11) is 0. The molecule has 29 heavy (non-hydrogen) atoms. The minimum Gasteiger partial charge on any atom is -0.370 e. The molecular weight excluding hydrogens is 373 g/mol. The molecule has 0 saturated carbocycles. The second-order valence-electron chi connectivity index (χ2n) is 7.26. The van der Waals surface area contributed by atoms with Crippen LogP contribution >= 0.6 is 0 Å². The van der Waals surface area contributed by atoms with Crippen molar-refractivity contribution in [3.05, 3.63) is 65.5 Å². The first-order valence-electron chi connectivity index (χ1n) is 9.78. The van der Waals surface area contributed by atoms with E-state index in [0.717, 1.165) is 23.6 Å². The molecule has 4 rings (SSSR count). The molecule has 7 heteroatoms. The maximum Gasteiger partial charge on any atom is 0.261 e. The highest BCUT2D eigenvalue weighted by Crippen LogP contribution is 2.23. The van der Waals surface area contributed by atoms with Crippen LogP contribution in [0.2, 0.25) is 0 Å². The quantitative estimate of drug-likeness (QED) is 0.747. The van der Waals surface area contributed by atoms with Crippen molar-refractivity contribution < 1.29 is 18.8 Å². The largest absolute Gasteiger partial charge is 0.370 e. The molecule has 2 aliphatic rings. The highest BCUT2D eigenvalue weighted by molar-refractivity contribution is 6.21. The number of imide groups is 1. The van der Waals surface area contributed by atoms with Gasteiger partial charge in [0.05, 0.1) is 11.1 Å². The van der Waals surface area contributed by atoms with Crippen molar-refractivity contribution in [2.45, 2.75) is 12.8 Å². The van der Waals surface area contributed by atoms with E-state index < -0.39 is 0 Å². The van der Waals surface area contributed by atoms with Crippen molar-refractivity contribution in [1.29, 1.82) is 0 Å². The molecule has 150 valence electrons. The summed E-state index contributed by atoms with van der Waals surface area (Å²) in [6.07, 6.45) is 0.915. The Morgan fingerprint density at radius 1 is 0.862 bits per heavy atom. The van der Waals surface area contributed by atoms with Crippen LogP contribution in [0.3, 0.4) is 0 Å². The van der Waals surface area contributed by atoms with Gasteiger partial charge in [0.2, 0.25) is 5.91 Å². The number of rotatable bonds is 4. The van der Waals surface area contributed by atoms with Crippen LogP contribution in [0.1, 0.15) is 33.6 Å². The number of halogens is 1. The number of amides is 3. The summed E-state index contributed by atoms with van der Waals surface area (Å²) in [4.78, 5) is 42.6. The van der Waals surface area contributed by atoms with Crippen LogP contribution in [0.15, 0.2) is 48.5 Å². The Balaban J connectivity index is 1.33. The number of benzene rings is 2. The SMILES string of the molecule is O=C(CCN1C(=O)c2ccccc2C1=O)N1CCCN(c2ccc(F)cc2)CC1. The van der Waals surface area contributed by atoms with Gasteiger partial charge in [-0.1, -0.05) is 12.1 Å². The van der Waals surface area contributed by atoms with Crippen molar-refractivity contribution >= 4 is 23.4 Å². The number of anilines is 1. The Bertz CT molecular complexity index is 910. The van der Waals surface area contributed by atoms with Crippen LogP contribution in [0, 0.1) is 5.82 Å². The summed E-state index contributed by atoms with van der Waals surface area (Å²) < 4.78 is 13.1. The molecule has 3 amide bonds. The maximum atomic E-state index is 13.1. The number of hydrogen-bond donors (Lipinski definition) is 0. The van der Waals surface area contributed by atoms with E-state index in [1.807, 2.05) is 0 Å². The average Bonchev–Trinajstić information content (AvgIpc) is 2.90. The Morgan fingerprint density at radius 2 is 1.52 bits per heavy atom. The predicted molar refractivity (Wildman–Crippen MR) is 106 cm³/mol. The zero-order valence-corrected chi connectivity index (χ0v) is 16.0. The van der Waals surface area contributed by atoms with Crippen LogP contribution in [-0.2, 0) is 4.79 Å². The summed E-state index contributed by atoms with van der Waals surface area (Å²) in [5.41, 5.74) is 1.73. The van der Waals surface area contributed by atoms with Gasteiger partial charge in [0, 0.05) is 44.8 Å². The van der Waals surface area contributed by atoms with Gasteiger partial charge < -0.3 is 9.80 Å². The minimum absolute atomic E-state index is 0.0671. The first-order chi connectivity index (χ1) is 14.0. The van der Waals surface area contributed by atoms with Gasteiger partial charge in [0.15, 0.2) is 0 Å². The van der Waals surface area contributed by atoms with Crippen molar-refractivity contribution in [3.63, 3.8) is 0 Å². The zero-order valence-electron chi connectivity index (χ0n) is 16.0. The number of carbonyl (C=O) groups excluding carboxylic acids is 3. The fraction of sp³-hybridized carbons (Fsp3) is 0.318. The minimum atomic E-state index is -0.336. The Labute approximate surface area is 168 Å². The molecule has 1 fully saturated rings. The van der Waals surface area contributed by atoms with Gasteiger partial charge in [-0.2, -0.15) is 0 Å². The molecule has 2 heterocycles. The summed E-state index contributed by atoms with van der Waals surface area (Å²) in [6.45, 7) is 2.71. The zero-order chi connectivity index (χ0) is 20.4. The molecule has 0 N–H and O–H groups in total. The van der Waals surface area contributed by atoms with Crippen LogP contribution in [0.25, 0.3) is 0 Å². The standard InChI is InChI=1S/C22H22FN3O3/c23-16-6-8-17(9-7-16)24-11-3-12-25(15-14-24)20(27)10-13-26-21(28)18-4-1-2-5-19(18)22(26)29/h1-2,4-9H,3,10-15H2. The molecular formula is C22H22FN3O3. The van der Waals surface area contributed by atoms with Gasteiger partial charge in [-0.15, -0.1) is 0 Å². The molecule has 2 aliphatic heterocycles. The van der Waals surface area contributed by atoms with Gasteiger partial charge in [-0.3, -0.25) is 19.3 Å². The molecule has 2 aromatic carbocycles. The normalized spacial score (nSPS) is 16.8. The molecule has 0 atom stereocenters. The molecule has 2 aromatic rings. The van der Waals surface area contributed by atoms with Crippen LogP contribution in [0.4, 0.5) is 10.1 Å². The lowest BCUT2D eigenvalue weighted by atomic mass is 10.1. The molecule has 1 saturated heterocycles. The molecule has 0 unspecified atom stereocenters. The molecule has 6 nitrogen and oxygen atoms in total. The number of nitrogens with zero attached hydrogens (tertiary/aromatic N) is 3. The lowest BCUT2D eigenvalue weighted by molar-refractivity contribution is -0.131. The molecule has 0 aliphatic carbocycles. The third-order valence-corrected chi connectivity index (χ3v) is 5.47. The van der Waals surface area contributed by atoms with E-state index in [9.17, 15) is 18.8 Å². The van der Waals surface area contributed by atoms with E-state index >= 15 is 0 Å². The lowest BCUT2D eigenvalue weighted by Crippen LogP contribution is -2.38. The Hall–Kier alpha value is -3.22. The smallest absolute Gasteiger partial charge is 0.261 e. The van der Waals surface area contributed by atoms with Crippen LogP contribution < -0.4 is 4.90 Å². The fourth-order valence-electron chi connectivity index (χ4n) is 3.88. The Kier molecular flexibility index (Phi) is 5.29. The second-order valence-corrected chi connectivity index (χ2v) is 7.26. The molecule has 0 spiro atoms. The van der Waals surface area contributed by atoms with E-state index in [-0.39, 0.29) is 36.5 Å². The topological polar surface area (TPSA) is 60.9 Å². The highest BCUT2D eigenvalue weighted by atomic mass is 19.1. The second kappa shape index (κ2) is 8.03. The third-order valence-electron chi connectivity index (χ3n) is 5.47. The molecule has 0 bridgehead atoms. The van der Waals surface area contributed by atoms with Gasteiger partial charge in [-0.25, -0.2) is 4.39 Å². The monoisotopic (exact) mass is 395 g/mol. The predicted octanol–water partition coefficient (Wildman–Crippen LogP) is 2.55. The van der Waals surface area contributed by atoms with Crippen molar-refractivity contribution in [2.24, 2.45) is 0 Å². The summed E-state index contributed by atoms with van der Waals surface area (Å²) in [6, 6.07) is 13.1. The first kappa shape index (κ1) is 19.1. The van der Waals surface area contributed by atoms with Crippen molar-refractivity contribution in [3.8, 4) is 0 Å². The number of hydrogen-bond acceptors (Lipinski definition) is 4. The van der Waals surface area contributed by atoms with Crippen LogP contribution in [0.5, 0.6) is 0 Å². The van der Waals surface area contributed by atoms with Gasteiger partial charge in [-0.05, 0) is 42.8 Å². The van der Waals surface area contributed by atoms with Crippen molar-refractivity contribution in [1.82, 2.24) is 9.80 Å². The van der Waals surface area contributed by atoms with E-state index in [2.05, 4.69) is 4.90 Å². The summed E-state index contributed by atoms with van der Waals surface area (Å²) in [5.74, 6) is -1.01. The highest BCUT2D eigenvalue weighted by Gasteiger charge is 2.35. The molecule has 0 aromatic heterocycles. The summed E-state index contributed by atoms with van der Waals surface area (Å²) >= 11 is 0. The summed E-state index contributed by atoms with van der Waals surface area (Å²) in [5, 5.41) is 0. The first-order valence-corrected chi connectivity index (χ1v) is 9.78. The number of carbonyl (C=O) groups is 3. The van der Waals surface area contributed by atoms with Gasteiger partial charge in [0.1, 0.15) is 5.82 Å². The van der Waals surface area contributed by atoms with E-state index in [4.69, 9.17) is 0 Å². The van der Waals surface area contributed by atoms with Gasteiger partial charge >= 0.3 is 0 Å².